The van der Waals surface area contributed by atoms with Crippen LogP contribution in [0.5, 0.6) is 23.0 Å². The molecule has 1 saturated heterocycles. The van der Waals surface area contributed by atoms with Crippen molar-refractivity contribution in [2.45, 2.75) is 42.8 Å². The molecule has 0 saturated carbocycles. The molecule has 4 aromatic carbocycles. The number of nitrogens with one attached hydrogen (secondary N) is 1. The number of hydrogen-bond acceptors (Lipinski definition) is 6. The number of aromatic hydroxyl groups is 1. The van der Waals surface area contributed by atoms with Crippen molar-refractivity contribution in [3.05, 3.63) is 78.9 Å². The molecule has 1 aliphatic heterocycles. The number of fused-ring (bicyclic) bond motifs is 1. The van der Waals surface area contributed by atoms with Gasteiger partial charge in [-0.25, -0.2) is 8.42 Å². The van der Waals surface area contributed by atoms with Gasteiger partial charge in [-0.2, -0.15) is 13.2 Å². The van der Waals surface area contributed by atoms with Crippen molar-refractivity contribution in [3.8, 4) is 34.1 Å². The van der Waals surface area contributed by atoms with Gasteiger partial charge in [0.1, 0.15) is 23.0 Å². The van der Waals surface area contributed by atoms with Gasteiger partial charge in [0.15, 0.2) is 15.6 Å². The Morgan fingerprint density at radius 3 is 2.32 bits per heavy atom. The molecule has 1 aliphatic rings. The number of benzene rings is 4. The maximum absolute atomic E-state index is 12.8. The number of hydrogen-bond donors (Lipinski definition) is 2. The van der Waals surface area contributed by atoms with Gasteiger partial charge in [0, 0.05) is 17.0 Å². The molecule has 10 heteroatoms. The van der Waals surface area contributed by atoms with Crippen LogP contribution in [-0.2, 0) is 9.84 Å². The van der Waals surface area contributed by atoms with E-state index < -0.39 is 26.7 Å². The van der Waals surface area contributed by atoms with E-state index in [4.69, 9.17) is 9.47 Å². The molecule has 1 atom stereocenters. The minimum absolute atomic E-state index is 0.0837. The third kappa shape index (κ3) is 7.31. The van der Waals surface area contributed by atoms with Crippen LogP contribution in [0.2, 0.25) is 0 Å². The Balaban J connectivity index is 1.39. The number of halogens is 3. The third-order valence-corrected chi connectivity index (χ3v) is 8.72. The highest BCUT2D eigenvalue weighted by atomic mass is 32.2. The molecule has 0 amide bonds. The van der Waals surface area contributed by atoms with Gasteiger partial charge < -0.3 is 19.9 Å². The Bertz CT molecular complexity index is 1600. The number of phenolic OH excluding ortho intramolecular Hbond substituents is 1. The summed E-state index contributed by atoms with van der Waals surface area (Å²) in [5.74, 6) is -0.153. The number of rotatable bonds is 9. The molecule has 1 unspecified atom stereocenters. The summed E-state index contributed by atoms with van der Waals surface area (Å²) >= 11 is 0. The molecule has 0 radical (unpaired) electrons. The number of sulfone groups is 1. The van der Waals surface area contributed by atoms with Gasteiger partial charge in [-0.15, -0.1) is 0 Å². The Hall–Kier alpha value is -3.76. The zero-order chi connectivity index (χ0) is 29.0. The summed E-state index contributed by atoms with van der Waals surface area (Å²) in [6, 6.07) is 21.3. The fourth-order valence-electron chi connectivity index (χ4n) is 4.98. The molecule has 1 heterocycles. The second-order valence-electron chi connectivity index (χ2n) is 10.1. The topological polar surface area (TPSA) is 84.9 Å². The van der Waals surface area contributed by atoms with E-state index in [1.165, 1.54) is 31.0 Å². The fraction of sp³-hybridized carbons (Fsp3) is 0.290. The first-order valence-corrected chi connectivity index (χ1v) is 15.0. The van der Waals surface area contributed by atoms with Crippen molar-refractivity contribution in [2.24, 2.45) is 0 Å². The van der Waals surface area contributed by atoms with Gasteiger partial charge in [0.25, 0.3) is 0 Å². The van der Waals surface area contributed by atoms with Crippen molar-refractivity contribution in [1.29, 1.82) is 0 Å². The van der Waals surface area contributed by atoms with Gasteiger partial charge in [0.05, 0.1) is 11.5 Å². The van der Waals surface area contributed by atoms with Gasteiger partial charge in [-0.05, 0) is 97.4 Å². The van der Waals surface area contributed by atoms with E-state index in [1.54, 1.807) is 36.4 Å². The lowest BCUT2D eigenvalue weighted by Gasteiger charge is -2.23. The fourth-order valence-corrected chi connectivity index (χ4v) is 6.13. The maximum Gasteiger partial charge on any atom is 0.403 e. The molecule has 1 fully saturated rings. The summed E-state index contributed by atoms with van der Waals surface area (Å²) in [4.78, 5) is -0.415. The summed E-state index contributed by atoms with van der Waals surface area (Å²) in [5, 5.41) is 14.9. The molecule has 41 heavy (non-hydrogen) atoms. The lowest BCUT2D eigenvalue weighted by Crippen LogP contribution is -2.35. The smallest absolute Gasteiger partial charge is 0.403 e. The van der Waals surface area contributed by atoms with Crippen LogP contribution in [0.15, 0.2) is 83.8 Å². The monoisotopic (exact) mass is 585 g/mol. The predicted molar refractivity (Wildman–Crippen MR) is 151 cm³/mol. The SMILES string of the molecule is O=S(=O)(CC(F)(F)F)c1ccc(-c2ccc3cc(O)ccc3c2Oc2ccc(OCCC3CCCCN3)cc2)cc1. The third-order valence-electron chi connectivity index (χ3n) is 7.02. The molecular formula is C31H30F3NO5S. The highest BCUT2D eigenvalue weighted by Crippen LogP contribution is 2.41. The first-order chi connectivity index (χ1) is 19.6. The largest absolute Gasteiger partial charge is 0.508 e. The van der Waals surface area contributed by atoms with Crippen LogP contribution in [-0.4, -0.2) is 44.6 Å². The predicted octanol–water partition coefficient (Wildman–Crippen LogP) is 7.25. The van der Waals surface area contributed by atoms with Crippen molar-refractivity contribution in [1.82, 2.24) is 5.32 Å². The van der Waals surface area contributed by atoms with Gasteiger partial charge in [-0.3, -0.25) is 0 Å². The molecule has 0 spiro atoms. The molecule has 5 rings (SSSR count). The average Bonchev–Trinajstić information content (AvgIpc) is 2.93. The van der Waals surface area contributed by atoms with Crippen LogP contribution in [0.25, 0.3) is 21.9 Å². The molecule has 0 aliphatic carbocycles. The molecule has 4 aromatic rings. The van der Waals surface area contributed by atoms with E-state index >= 15 is 0 Å². The number of phenols is 1. The second kappa shape index (κ2) is 12.0. The van der Waals surface area contributed by atoms with Gasteiger partial charge >= 0.3 is 6.18 Å². The molecule has 6 nitrogen and oxygen atoms in total. The Kier molecular flexibility index (Phi) is 8.42. The highest BCUT2D eigenvalue weighted by Gasteiger charge is 2.36. The second-order valence-corrected chi connectivity index (χ2v) is 12.1. The number of piperidine rings is 1. The van der Waals surface area contributed by atoms with E-state index in [1.807, 2.05) is 12.1 Å². The first-order valence-electron chi connectivity index (χ1n) is 13.4. The first kappa shape index (κ1) is 28.8. The summed E-state index contributed by atoms with van der Waals surface area (Å²) in [7, 11) is -4.53. The summed E-state index contributed by atoms with van der Waals surface area (Å²) in [6.45, 7) is 1.65. The lowest BCUT2D eigenvalue weighted by atomic mass is 9.99. The van der Waals surface area contributed by atoms with E-state index in [-0.39, 0.29) is 5.75 Å². The molecular weight excluding hydrogens is 555 g/mol. The Morgan fingerprint density at radius 2 is 1.63 bits per heavy atom. The zero-order valence-corrected chi connectivity index (χ0v) is 23.0. The highest BCUT2D eigenvalue weighted by molar-refractivity contribution is 7.91. The van der Waals surface area contributed by atoms with Crippen molar-refractivity contribution in [2.75, 3.05) is 18.9 Å². The molecule has 0 bridgehead atoms. The van der Waals surface area contributed by atoms with Crippen LogP contribution in [0.4, 0.5) is 13.2 Å². The summed E-state index contributed by atoms with van der Waals surface area (Å²) < 4.78 is 74.9. The van der Waals surface area contributed by atoms with Gasteiger partial charge in [-0.1, -0.05) is 24.6 Å². The number of alkyl halides is 3. The van der Waals surface area contributed by atoms with E-state index in [0.29, 0.717) is 51.8 Å². The maximum atomic E-state index is 12.8. The van der Waals surface area contributed by atoms with Crippen LogP contribution in [0.3, 0.4) is 0 Å². The van der Waals surface area contributed by atoms with Crippen LogP contribution >= 0.6 is 0 Å². The van der Waals surface area contributed by atoms with Crippen molar-refractivity contribution >= 4 is 20.6 Å². The molecule has 216 valence electrons. The minimum Gasteiger partial charge on any atom is -0.508 e. The zero-order valence-electron chi connectivity index (χ0n) is 22.2. The Labute approximate surface area is 236 Å². The lowest BCUT2D eigenvalue weighted by molar-refractivity contribution is -0.106. The van der Waals surface area contributed by atoms with Crippen molar-refractivity contribution in [3.63, 3.8) is 0 Å². The number of ether oxygens (including phenoxy) is 2. The van der Waals surface area contributed by atoms with Crippen LogP contribution in [0, 0.1) is 0 Å². The van der Waals surface area contributed by atoms with E-state index in [9.17, 15) is 26.7 Å². The van der Waals surface area contributed by atoms with Crippen molar-refractivity contribution < 1.29 is 36.2 Å². The molecule has 0 aromatic heterocycles. The quantitative estimate of drug-likeness (QED) is 0.215. The summed E-state index contributed by atoms with van der Waals surface area (Å²) in [5.41, 5.74) is 1.15. The van der Waals surface area contributed by atoms with E-state index in [2.05, 4.69) is 5.32 Å². The minimum atomic E-state index is -4.84. The normalized spacial score (nSPS) is 16.0. The standard InChI is InChI=1S/C31H30F3NO5S/c32-31(33,34)20-41(37,38)27-12-4-21(5-13-27)28-14-6-22-19-24(36)7-15-29(22)30(28)40-26-10-8-25(9-11-26)39-18-16-23-3-1-2-17-35-23/h4-15,19,23,35-36H,1-3,16-18,20H2. The van der Waals surface area contributed by atoms with Crippen LogP contribution < -0.4 is 14.8 Å². The summed E-state index contributed by atoms with van der Waals surface area (Å²) in [6.07, 6.45) is -0.294. The van der Waals surface area contributed by atoms with Gasteiger partial charge in [0.2, 0.25) is 0 Å². The average molecular weight is 586 g/mol. The van der Waals surface area contributed by atoms with Crippen LogP contribution in [0.1, 0.15) is 25.7 Å². The Morgan fingerprint density at radius 1 is 0.902 bits per heavy atom. The molecule has 2 N–H and O–H groups in total. The van der Waals surface area contributed by atoms with E-state index in [0.717, 1.165) is 31.5 Å².